The summed E-state index contributed by atoms with van der Waals surface area (Å²) in [6.07, 6.45) is -1.49. The topological polar surface area (TPSA) is 163 Å². The van der Waals surface area contributed by atoms with Crippen molar-refractivity contribution >= 4 is 5.82 Å². The van der Waals surface area contributed by atoms with E-state index in [0.717, 1.165) is 0 Å². The monoisotopic (exact) mass is 294 g/mol. The molecule has 1 aliphatic rings. The summed E-state index contributed by atoms with van der Waals surface area (Å²) in [5.74, 6) is 0.696. The van der Waals surface area contributed by atoms with Gasteiger partial charge in [0.1, 0.15) is 36.6 Å². The second-order valence-corrected chi connectivity index (χ2v) is 4.63. The van der Waals surface area contributed by atoms with Gasteiger partial charge in [-0.15, -0.1) is 0 Å². The van der Waals surface area contributed by atoms with Gasteiger partial charge >= 0.3 is 0 Å². The van der Waals surface area contributed by atoms with Crippen molar-refractivity contribution in [2.45, 2.75) is 24.4 Å². The molecular formula is C11H14N6O4. The molecule has 0 radical (unpaired) electrons. The maximum absolute atomic E-state index is 9.96. The van der Waals surface area contributed by atoms with Gasteiger partial charge < -0.3 is 25.8 Å². The van der Waals surface area contributed by atoms with Crippen LogP contribution in [0.2, 0.25) is 0 Å². The highest BCUT2D eigenvalue weighted by atomic mass is 16.6. The zero-order chi connectivity index (χ0) is 15.0. The first kappa shape index (κ1) is 13.8. The SMILES string of the molecule is Nc1nc(-c2ncn[nH]2)ncc1C1OC(CO)C(O)C1O. The molecule has 4 unspecified atom stereocenters. The van der Waals surface area contributed by atoms with Crippen LogP contribution in [-0.2, 0) is 4.74 Å². The molecule has 6 N–H and O–H groups in total. The van der Waals surface area contributed by atoms with Gasteiger partial charge in [-0.2, -0.15) is 5.10 Å². The standard InChI is InChI=1S/C11H14N6O4/c12-9-4(8-7(20)6(19)5(2-18)21-8)1-13-10(16-9)11-14-3-15-17-11/h1,3,5-8,18-20H,2H2,(H2,12,13,16)(H,14,15,17). The van der Waals surface area contributed by atoms with Gasteiger partial charge in [-0.05, 0) is 0 Å². The van der Waals surface area contributed by atoms with Gasteiger partial charge in [-0.1, -0.05) is 0 Å². The highest BCUT2D eigenvalue weighted by Gasteiger charge is 2.44. The molecule has 0 spiro atoms. The van der Waals surface area contributed by atoms with E-state index in [1.54, 1.807) is 0 Å². The molecule has 2 aromatic heterocycles. The third-order valence-corrected chi connectivity index (χ3v) is 3.32. The fourth-order valence-corrected chi connectivity index (χ4v) is 2.21. The van der Waals surface area contributed by atoms with Crippen LogP contribution in [0.25, 0.3) is 11.6 Å². The zero-order valence-corrected chi connectivity index (χ0v) is 10.8. The molecule has 21 heavy (non-hydrogen) atoms. The summed E-state index contributed by atoms with van der Waals surface area (Å²) in [6, 6.07) is 0. The van der Waals surface area contributed by atoms with Crippen LogP contribution in [0.1, 0.15) is 11.7 Å². The maximum Gasteiger partial charge on any atom is 0.199 e. The summed E-state index contributed by atoms with van der Waals surface area (Å²) in [5, 5.41) is 35.1. The minimum absolute atomic E-state index is 0.0891. The number of hydrogen-bond donors (Lipinski definition) is 5. The Morgan fingerprint density at radius 3 is 2.67 bits per heavy atom. The summed E-state index contributed by atoms with van der Waals surface area (Å²) in [6.45, 7) is -0.411. The van der Waals surface area contributed by atoms with Gasteiger partial charge in [0, 0.05) is 11.8 Å². The molecule has 1 saturated heterocycles. The molecule has 0 aromatic carbocycles. The van der Waals surface area contributed by atoms with Gasteiger partial charge in [0.25, 0.3) is 0 Å². The van der Waals surface area contributed by atoms with Crippen molar-refractivity contribution in [3.05, 3.63) is 18.1 Å². The molecule has 0 bridgehead atoms. The van der Waals surface area contributed by atoms with E-state index in [9.17, 15) is 10.2 Å². The van der Waals surface area contributed by atoms with Crippen molar-refractivity contribution in [3.63, 3.8) is 0 Å². The molecule has 0 saturated carbocycles. The molecule has 10 nitrogen and oxygen atoms in total. The van der Waals surface area contributed by atoms with E-state index in [2.05, 4.69) is 25.1 Å². The Balaban J connectivity index is 1.90. The number of nitrogens with one attached hydrogen (secondary N) is 1. The number of anilines is 1. The summed E-state index contributed by atoms with van der Waals surface area (Å²) < 4.78 is 5.39. The fourth-order valence-electron chi connectivity index (χ4n) is 2.21. The largest absolute Gasteiger partial charge is 0.394 e. The highest BCUT2D eigenvalue weighted by molar-refractivity contribution is 5.49. The van der Waals surface area contributed by atoms with Crippen molar-refractivity contribution in [2.75, 3.05) is 12.3 Å². The lowest BCUT2D eigenvalue weighted by Gasteiger charge is -2.16. The summed E-state index contributed by atoms with van der Waals surface area (Å²) in [4.78, 5) is 12.1. The number of rotatable bonds is 3. The van der Waals surface area contributed by atoms with Crippen LogP contribution in [0.3, 0.4) is 0 Å². The predicted octanol–water partition coefficient (Wildman–Crippen LogP) is -2.00. The van der Waals surface area contributed by atoms with Crippen molar-refractivity contribution in [2.24, 2.45) is 0 Å². The summed E-state index contributed by atoms with van der Waals surface area (Å²) in [7, 11) is 0. The lowest BCUT2D eigenvalue weighted by molar-refractivity contribution is -0.0227. The predicted molar refractivity (Wildman–Crippen MR) is 68.5 cm³/mol. The minimum Gasteiger partial charge on any atom is -0.394 e. The third-order valence-electron chi connectivity index (χ3n) is 3.32. The molecule has 112 valence electrons. The number of aliphatic hydroxyl groups excluding tert-OH is 3. The summed E-state index contributed by atoms with van der Waals surface area (Å²) in [5.41, 5.74) is 6.19. The Labute approximate surface area is 118 Å². The van der Waals surface area contributed by atoms with Crippen LogP contribution in [0.4, 0.5) is 5.82 Å². The quantitative estimate of drug-likeness (QED) is 0.430. The van der Waals surface area contributed by atoms with Gasteiger partial charge in [0.2, 0.25) is 0 Å². The van der Waals surface area contributed by atoms with Gasteiger partial charge in [0.05, 0.1) is 6.61 Å². The van der Waals surface area contributed by atoms with Crippen LogP contribution in [0, 0.1) is 0 Å². The number of nitrogen functional groups attached to an aromatic ring is 1. The van der Waals surface area contributed by atoms with E-state index < -0.39 is 31.0 Å². The van der Waals surface area contributed by atoms with E-state index in [1.807, 2.05) is 0 Å². The number of nitrogens with zero attached hydrogens (tertiary/aromatic N) is 4. The van der Waals surface area contributed by atoms with Crippen LogP contribution >= 0.6 is 0 Å². The second kappa shape index (κ2) is 5.33. The van der Waals surface area contributed by atoms with E-state index in [1.165, 1.54) is 12.5 Å². The van der Waals surface area contributed by atoms with Crippen molar-refractivity contribution in [3.8, 4) is 11.6 Å². The van der Waals surface area contributed by atoms with Crippen LogP contribution in [-0.4, -0.2) is 65.4 Å². The molecule has 3 heterocycles. The van der Waals surface area contributed by atoms with Crippen LogP contribution in [0.15, 0.2) is 12.5 Å². The first-order valence-electron chi connectivity index (χ1n) is 6.22. The van der Waals surface area contributed by atoms with Crippen molar-refractivity contribution < 1.29 is 20.1 Å². The van der Waals surface area contributed by atoms with Gasteiger partial charge in [0.15, 0.2) is 11.6 Å². The number of aromatic nitrogens is 5. The second-order valence-electron chi connectivity index (χ2n) is 4.63. The minimum atomic E-state index is -1.22. The van der Waals surface area contributed by atoms with Crippen LogP contribution < -0.4 is 5.73 Å². The first-order chi connectivity index (χ1) is 10.1. The van der Waals surface area contributed by atoms with E-state index in [4.69, 9.17) is 15.6 Å². The number of nitrogens with two attached hydrogens (primary N) is 1. The molecule has 0 aliphatic carbocycles. The summed E-state index contributed by atoms with van der Waals surface area (Å²) >= 11 is 0. The normalized spacial score (nSPS) is 28.9. The maximum atomic E-state index is 9.96. The molecular weight excluding hydrogens is 280 g/mol. The Kier molecular flexibility index (Phi) is 3.51. The van der Waals surface area contributed by atoms with E-state index in [0.29, 0.717) is 11.4 Å². The molecule has 1 aliphatic heterocycles. The molecule has 3 rings (SSSR count). The lowest BCUT2D eigenvalue weighted by atomic mass is 10.0. The molecule has 4 atom stereocenters. The van der Waals surface area contributed by atoms with Crippen LogP contribution in [0.5, 0.6) is 0 Å². The lowest BCUT2D eigenvalue weighted by Crippen LogP contribution is -2.32. The Morgan fingerprint density at radius 1 is 1.29 bits per heavy atom. The number of aliphatic hydroxyl groups is 3. The average Bonchev–Trinajstić information content (AvgIpc) is 3.10. The number of H-pyrrole nitrogens is 1. The average molecular weight is 294 g/mol. The third kappa shape index (κ3) is 2.34. The highest BCUT2D eigenvalue weighted by Crippen LogP contribution is 2.35. The van der Waals surface area contributed by atoms with Crippen molar-refractivity contribution in [1.82, 2.24) is 25.1 Å². The fraction of sp³-hybridized carbons (Fsp3) is 0.455. The number of aromatic amines is 1. The molecule has 1 fully saturated rings. The smallest absolute Gasteiger partial charge is 0.199 e. The first-order valence-corrected chi connectivity index (χ1v) is 6.22. The Morgan fingerprint density at radius 2 is 2.10 bits per heavy atom. The number of ether oxygens (including phenoxy) is 1. The number of hydrogen-bond acceptors (Lipinski definition) is 9. The van der Waals surface area contributed by atoms with E-state index in [-0.39, 0.29) is 11.6 Å². The van der Waals surface area contributed by atoms with Gasteiger partial charge in [-0.3, -0.25) is 5.10 Å². The Bertz CT molecular complexity index is 621. The van der Waals surface area contributed by atoms with Gasteiger partial charge in [-0.25, -0.2) is 15.0 Å². The molecule has 10 heteroatoms. The molecule has 0 amide bonds. The zero-order valence-electron chi connectivity index (χ0n) is 10.8. The van der Waals surface area contributed by atoms with Crippen molar-refractivity contribution in [1.29, 1.82) is 0 Å². The van der Waals surface area contributed by atoms with E-state index >= 15 is 0 Å². The Hall–Kier alpha value is -2.14. The molecule has 2 aromatic rings.